The summed E-state index contributed by atoms with van der Waals surface area (Å²) in [6.45, 7) is 1.60. The normalized spacial score (nSPS) is 4.62. The maximum Gasteiger partial charge on any atom is 0.303 e. The average molecular weight is 122 g/mol. The molecule has 0 atom stereocenters. The van der Waals surface area contributed by atoms with E-state index in [4.69, 9.17) is 5.11 Å². The molecular weight excluding hydrogens is 104 g/mol. The SMILES string of the molecule is C.C.C.CCC(=O)O. The summed E-state index contributed by atoms with van der Waals surface area (Å²) in [4.78, 5) is 9.37. The van der Waals surface area contributed by atoms with E-state index in [9.17, 15) is 4.79 Å². The lowest BCUT2D eigenvalue weighted by Crippen LogP contribution is -1.86. The highest BCUT2D eigenvalue weighted by molar-refractivity contribution is 5.66. The Morgan fingerprint density at radius 1 is 1.38 bits per heavy atom. The number of aliphatic carboxylic acids is 1. The summed E-state index contributed by atoms with van der Waals surface area (Å²) in [5.74, 6) is -0.745. The van der Waals surface area contributed by atoms with Crippen molar-refractivity contribution in [3.63, 3.8) is 0 Å². The Kier molecular flexibility index (Phi) is 52.2. The fourth-order valence-corrected chi connectivity index (χ4v) is 0. The lowest BCUT2D eigenvalue weighted by atomic mass is 10.5. The fourth-order valence-electron chi connectivity index (χ4n) is 0. The van der Waals surface area contributed by atoms with Gasteiger partial charge in [-0.1, -0.05) is 29.2 Å². The predicted molar refractivity (Wildman–Crippen MR) is 38.1 cm³/mol. The number of hydrogen-bond donors (Lipinski definition) is 1. The Balaban J connectivity index is -0.0000000267. The Bertz CT molecular complexity index is 41.8. The number of carbonyl (C=O) groups is 1. The highest BCUT2D eigenvalue weighted by Gasteiger charge is 1.80. The molecule has 0 spiro atoms. The third kappa shape index (κ3) is 50.6. The van der Waals surface area contributed by atoms with Crippen molar-refractivity contribution in [2.45, 2.75) is 35.6 Å². The van der Waals surface area contributed by atoms with Crippen LogP contribution in [-0.2, 0) is 4.79 Å². The van der Waals surface area contributed by atoms with E-state index in [-0.39, 0.29) is 28.7 Å². The third-order valence-electron chi connectivity index (χ3n) is 0.302. The van der Waals surface area contributed by atoms with E-state index in [2.05, 4.69) is 0 Å². The molecule has 0 heterocycles. The lowest BCUT2D eigenvalue weighted by molar-refractivity contribution is -0.136. The van der Waals surface area contributed by atoms with Gasteiger partial charge in [0.05, 0.1) is 0 Å². The zero-order chi connectivity index (χ0) is 4.28. The van der Waals surface area contributed by atoms with Gasteiger partial charge >= 0.3 is 5.97 Å². The van der Waals surface area contributed by atoms with Crippen LogP contribution in [0.5, 0.6) is 0 Å². The quantitative estimate of drug-likeness (QED) is 0.579. The molecule has 0 aromatic rings. The molecule has 0 rings (SSSR count). The molecule has 0 aliphatic carbocycles. The van der Waals surface area contributed by atoms with Crippen LogP contribution in [0.25, 0.3) is 0 Å². The molecule has 54 valence electrons. The fraction of sp³-hybridized carbons (Fsp3) is 0.833. The molecule has 1 N–H and O–H groups in total. The summed E-state index contributed by atoms with van der Waals surface area (Å²) in [7, 11) is 0. The van der Waals surface area contributed by atoms with Crippen molar-refractivity contribution in [3.8, 4) is 0 Å². The van der Waals surface area contributed by atoms with Gasteiger partial charge in [-0.15, -0.1) is 0 Å². The number of carboxylic acids is 1. The van der Waals surface area contributed by atoms with Gasteiger partial charge in [0, 0.05) is 6.42 Å². The minimum Gasteiger partial charge on any atom is -0.481 e. The smallest absolute Gasteiger partial charge is 0.303 e. The molecule has 0 saturated carbocycles. The monoisotopic (exact) mass is 122 g/mol. The number of hydrogen-bond acceptors (Lipinski definition) is 1. The van der Waals surface area contributed by atoms with Crippen molar-refractivity contribution in [3.05, 3.63) is 0 Å². The van der Waals surface area contributed by atoms with Crippen LogP contribution in [0.2, 0.25) is 0 Å². The molecule has 0 unspecified atom stereocenters. The van der Waals surface area contributed by atoms with Crippen LogP contribution >= 0.6 is 0 Å². The first kappa shape index (κ1) is 26.0. The van der Waals surface area contributed by atoms with Crippen LogP contribution in [0.3, 0.4) is 0 Å². The topological polar surface area (TPSA) is 37.3 Å². The van der Waals surface area contributed by atoms with Gasteiger partial charge < -0.3 is 5.11 Å². The molecule has 0 fully saturated rings. The Hall–Kier alpha value is -0.530. The number of carboxylic acid groups (broad SMARTS) is 1. The molecule has 0 bridgehead atoms. The van der Waals surface area contributed by atoms with Gasteiger partial charge in [-0.25, -0.2) is 0 Å². The van der Waals surface area contributed by atoms with Crippen LogP contribution in [0.1, 0.15) is 35.6 Å². The van der Waals surface area contributed by atoms with E-state index in [1.807, 2.05) is 0 Å². The van der Waals surface area contributed by atoms with Crippen molar-refractivity contribution >= 4 is 5.97 Å². The molecule has 2 nitrogen and oxygen atoms in total. The first-order valence-corrected chi connectivity index (χ1v) is 1.49. The van der Waals surface area contributed by atoms with Crippen LogP contribution in [0.4, 0.5) is 0 Å². The Morgan fingerprint density at radius 3 is 1.50 bits per heavy atom. The van der Waals surface area contributed by atoms with Crippen LogP contribution < -0.4 is 0 Å². The van der Waals surface area contributed by atoms with E-state index in [0.29, 0.717) is 0 Å². The summed E-state index contributed by atoms with van der Waals surface area (Å²) < 4.78 is 0. The van der Waals surface area contributed by atoms with Crippen molar-refractivity contribution in [1.82, 2.24) is 0 Å². The average Bonchev–Trinajstić information content (AvgIpc) is 1.38. The van der Waals surface area contributed by atoms with E-state index < -0.39 is 5.97 Å². The van der Waals surface area contributed by atoms with Crippen LogP contribution in [0, 0.1) is 0 Å². The van der Waals surface area contributed by atoms with Crippen molar-refractivity contribution in [1.29, 1.82) is 0 Å². The van der Waals surface area contributed by atoms with E-state index in [1.165, 1.54) is 0 Å². The molecule has 0 aliphatic rings. The maximum atomic E-state index is 9.37. The van der Waals surface area contributed by atoms with Gasteiger partial charge in [0.25, 0.3) is 0 Å². The first-order chi connectivity index (χ1) is 2.27. The van der Waals surface area contributed by atoms with Gasteiger partial charge in [-0.05, 0) is 0 Å². The van der Waals surface area contributed by atoms with Crippen molar-refractivity contribution in [2.75, 3.05) is 0 Å². The summed E-state index contributed by atoms with van der Waals surface area (Å²) in [6.07, 6.45) is 0.222. The molecule has 0 aliphatic heterocycles. The Morgan fingerprint density at radius 2 is 1.50 bits per heavy atom. The molecule has 0 saturated heterocycles. The second-order valence-electron chi connectivity index (χ2n) is 0.747. The van der Waals surface area contributed by atoms with Gasteiger partial charge in [-0.2, -0.15) is 0 Å². The molecule has 0 aromatic carbocycles. The van der Waals surface area contributed by atoms with Crippen LogP contribution in [0.15, 0.2) is 0 Å². The largest absolute Gasteiger partial charge is 0.481 e. The van der Waals surface area contributed by atoms with E-state index in [0.717, 1.165) is 0 Å². The minimum absolute atomic E-state index is 0. The van der Waals surface area contributed by atoms with Gasteiger partial charge in [0.2, 0.25) is 0 Å². The number of rotatable bonds is 1. The standard InChI is InChI=1S/C3H6O2.3CH4/c1-2-3(4)5;;;/h2H2,1H3,(H,4,5);3*1H4. The first-order valence-electron chi connectivity index (χ1n) is 1.49. The molecule has 0 amide bonds. The highest BCUT2D eigenvalue weighted by Crippen LogP contribution is 1.67. The maximum absolute atomic E-state index is 9.37. The molecular formula is C6H18O2. The summed E-state index contributed by atoms with van der Waals surface area (Å²) >= 11 is 0. The van der Waals surface area contributed by atoms with Gasteiger partial charge in [0.15, 0.2) is 0 Å². The molecule has 2 heteroatoms. The minimum atomic E-state index is -0.745. The summed E-state index contributed by atoms with van der Waals surface area (Å²) in [5.41, 5.74) is 0. The third-order valence-corrected chi connectivity index (χ3v) is 0.302. The van der Waals surface area contributed by atoms with Gasteiger partial charge in [-0.3, -0.25) is 4.79 Å². The zero-order valence-electron chi connectivity index (χ0n) is 3.06. The summed E-state index contributed by atoms with van der Waals surface area (Å²) in [6, 6.07) is 0. The second kappa shape index (κ2) is 16.1. The van der Waals surface area contributed by atoms with Crippen LogP contribution in [-0.4, -0.2) is 11.1 Å². The van der Waals surface area contributed by atoms with E-state index >= 15 is 0 Å². The second-order valence-corrected chi connectivity index (χ2v) is 0.747. The molecule has 0 aromatic heterocycles. The predicted octanol–water partition coefficient (Wildman–Crippen LogP) is 2.39. The van der Waals surface area contributed by atoms with Gasteiger partial charge in [0.1, 0.15) is 0 Å². The lowest BCUT2D eigenvalue weighted by Gasteiger charge is -1.71. The molecule has 8 heavy (non-hydrogen) atoms. The van der Waals surface area contributed by atoms with Crippen molar-refractivity contribution in [2.24, 2.45) is 0 Å². The van der Waals surface area contributed by atoms with E-state index in [1.54, 1.807) is 6.92 Å². The zero-order valence-corrected chi connectivity index (χ0v) is 3.06. The van der Waals surface area contributed by atoms with Crippen molar-refractivity contribution < 1.29 is 9.90 Å². The Labute approximate surface area is 52.5 Å². The molecule has 0 radical (unpaired) electrons. The summed E-state index contributed by atoms with van der Waals surface area (Å²) in [5, 5.41) is 7.72. The highest BCUT2D eigenvalue weighted by atomic mass is 16.4.